The van der Waals surface area contributed by atoms with Gasteiger partial charge in [-0.2, -0.15) is 22.0 Å². The van der Waals surface area contributed by atoms with Crippen LogP contribution in [0.25, 0.3) is 11.1 Å². The summed E-state index contributed by atoms with van der Waals surface area (Å²) in [5.74, 6) is -0.833. The average molecular weight is 474 g/mol. The summed E-state index contributed by atoms with van der Waals surface area (Å²) in [6.07, 6.45) is 5.10. The van der Waals surface area contributed by atoms with E-state index in [1.807, 2.05) is 55.6 Å². The third kappa shape index (κ3) is 6.71. The summed E-state index contributed by atoms with van der Waals surface area (Å²) < 4.78 is 5.74. The number of carboxylic acids is 1. The molecule has 9 heteroatoms. The Balaban J connectivity index is 0.00000408. The van der Waals surface area contributed by atoms with Gasteiger partial charge in [0.25, 0.3) is 5.91 Å². The minimum atomic E-state index is -1.05. The normalized spacial score (nSPS) is 12.3. The number of amides is 1. The summed E-state index contributed by atoms with van der Waals surface area (Å²) in [6.45, 7) is 1.98. The second-order valence-electron chi connectivity index (χ2n) is 7.56. The Kier molecular flexibility index (Phi) is 10.8. The number of carboxylic acid groups (broad SMARTS) is 1. The third-order valence-corrected chi connectivity index (χ3v) is 6.03. The van der Waals surface area contributed by atoms with Crippen LogP contribution in [0.5, 0.6) is 0 Å². The van der Waals surface area contributed by atoms with E-state index in [9.17, 15) is 14.7 Å². The first-order valence-corrected chi connectivity index (χ1v) is 11.9. The van der Waals surface area contributed by atoms with E-state index >= 15 is 0 Å². The van der Waals surface area contributed by atoms with E-state index in [-0.39, 0.29) is 18.9 Å². The molecule has 1 amide bonds. The summed E-state index contributed by atoms with van der Waals surface area (Å²) in [6, 6.07) is 14.1. The van der Waals surface area contributed by atoms with Gasteiger partial charge in [-0.3, -0.25) is 4.79 Å². The van der Waals surface area contributed by atoms with Gasteiger partial charge in [-0.1, -0.05) is 30.3 Å². The number of ether oxygens (including phenoxy) is 1. The predicted octanol–water partition coefficient (Wildman–Crippen LogP) is 3.48. The van der Waals surface area contributed by atoms with Gasteiger partial charge in [-0.05, 0) is 65.8 Å². The number of benzene rings is 2. The predicted molar refractivity (Wildman–Crippen MR) is 137 cm³/mol. The molecule has 0 saturated carbocycles. The van der Waals surface area contributed by atoms with Crippen LogP contribution in [0.4, 0.5) is 0 Å². The first kappa shape index (κ1) is 27.6. The van der Waals surface area contributed by atoms with Crippen molar-refractivity contribution in [3.63, 3.8) is 0 Å². The number of aryl methyl sites for hydroxylation is 1. The number of methoxy groups -OCH3 is 1. The number of nitrogens with one attached hydrogen (secondary N) is 1. The van der Waals surface area contributed by atoms with E-state index in [0.717, 1.165) is 22.3 Å². The van der Waals surface area contributed by atoms with Gasteiger partial charge in [0.1, 0.15) is 12.1 Å². The molecule has 2 atom stereocenters. The number of aliphatic carboxylic acids is 1. The van der Waals surface area contributed by atoms with Crippen molar-refractivity contribution in [2.45, 2.75) is 25.5 Å². The van der Waals surface area contributed by atoms with Gasteiger partial charge in [0.05, 0.1) is 6.20 Å². The van der Waals surface area contributed by atoms with Crippen molar-refractivity contribution < 1.29 is 19.4 Å². The molecule has 3 rings (SSSR count). The van der Waals surface area contributed by atoms with Gasteiger partial charge >= 0.3 is 24.8 Å². The van der Waals surface area contributed by atoms with Crippen LogP contribution in [0, 0.1) is 6.92 Å². The van der Waals surface area contributed by atoms with Gasteiger partial charge in [0.2, 0.25) is 0 Å². The first-order valence-electron chi connectivity index (χ1n) is 10.5. The molecule has 1 aromatic heterocycles. The van der Waals surface area contributed by atoms with Crippen molar-refractivity contribution >= 4 is 42.5 Å². The van der Waals surface area contributed by atoms with Crippen LogP contribution in [0.3, 0.4) is 0 Å². The molecular formula is C25H28LiN3O4S. The molecule has 2 aromatic carbocycles. The zero-order valence-electron chi connectivity index (χ0n) is 18.8. The van der Waals surface area contributed by atoms with Crippen molar-refractivity contribution in [3.8, 4) is 11.1 Å². The number of carbonyl (C=O) groups excluding carboxylic acids is 1. The summed E-state index contributed by atoms with van der Waals surface area (Å²) >= 11 is 1.54. The summed E-state index contributed by atoms with van der Waals surface area (Å²) in [7, 11) is 1.61. The maximum atomic E-state index is 13.2. The first-order chi connectivity index (χ1) is 16.0. The summed E-state index contributed by atoms with van der Waals surface area (Å²) in [5, 5.41) is 20.0. The van der Waals surface area contributed by atoms with Crippen LogP contribution in [0.2, 0.25) is 0 Å². The van der Waals surface area contributed by atoms with E-state index in [1.165, 1.54) is 11.8 Å². The molecule has 0 aliphatic heterocycles. The number of thioether (sulfide) groups is 1. The van der Waals surface area contributed by atoms with Crippen molar-refractivity contribution in [2.24, 2.45) is 0 Å². The van der Waals surface area contributed by atoms with Crippen LogP contribution in [-0.4, -0.2) is 71.2 Å². The van der Waals surface area contributed by atoms with Crippen molar-refractivity contribution in [1.82, 2.24) is 15.5 Å². The fourth-order valence-corrected chi connectivity index (χ4v) is 4.14. The molecule has 1 heterocycles. The summed E-state index contributed by atoms with van der Waals surface area (Å²) in [4.78, 5) is 24.9. The van der Waals surface area contributed by atoms with Crippen LogP contribution in [-0.2, 0) is 9.53 Å². The molecule has 0 aliphatic carbocycles. The number of rotatable bonds is 10. The second kappa shape index (κ2) is 13.3. The Morgan fingerprint density at radius 2 is 1.85 bits per heavy atom. The number of hydrogen-bond acceptors (Lipinski definition) is 6. The molecule has 0 spiro atoms. The molecule has 7 nitrogen and oxygen atoms in total. The SMILES string of the molecule is COC(c1ccnnc1)c1ccc(C(=O)NC(CCSC)C(=O)O)c(-c2ccccc2C)c1.[LiH]. The topological polar surface area (TPSA) is 101 Å². The zero-order valence-corrected chi connectivity index (χ0v) is 19.6. The average Bonchev–Trinajstić information content (AvgIpc) is 2.83. The molecule has 0 bridgehead atoms. The maximum absolute atomic E-state index is 13.2. The van der Waals surface area contributed by atoms with Gasteiger partial charge < -0.3 is 15.2 Å². The summed E-state index contributed by atoms with van der Waals surface area (Å²) in [5.41, 5.74) is 4.69. The van der Waals surface area contributed by atoms with Crippen molar-refractivity contribution in [1.29, 1.82) is 0 Å². The Bertz CT molecular complexity index is 1110. The third-order valence-electron chi connectivity index (χ3n) is 5.39. The number of nitrogens with zero attached hydrogens (tertiary/aromatic N) is 2. The number of hydrogen-bond donors (Lipinski definition) is 2. The van der Waals surface area contributed by atoms with Gasteiger partial charge in [0.15, 0.2) is 0 Å². The molecule has 0 fully saturated rings. The molecular weight excluding hydrogens is 445 g/mol. The molecule has 0 radical (unpaired) electrons. The fraction of sp³-hybridized carbons (Fsp3) is 0.280. The molecule has 34 heavy (non-hydrogen) atoms. The molecule has 2 unspecified atom stereocenters. The number of carbonyl (C=O) groups is 2. The fourth-order valence-electron chi connectivity index (χ4n) is 3.67. The van der Waals surface area contributed by atoms with Crippen LogP contribution in [0.1, 0.15) is 39.6 Å². The van der Waals surface area contributed by atoms with Crippen LogP contribution >= 0.6 is 11.8 Å². The molecule has 3 aromatic rings. The quantitative estimate of drug-likeness (QED) is 0.435. The monoisotopic (exact) mass is 473 g/mol. The van der Waals surface area contributed by atoms with Gasteiger partial charge in [-0.15, -0.1) is 0 Å². The van der Waals surface area contributed by atoms with E-state index < -0.39 is 24.0 Å². The van der Waals surface area contributed by atoms with Gasteiger partial charge in [0, 0.05) is 24.4 Å². The minimum absolute atomic E-state index is 0. The second-order valence-corrected chi connectivity index (χ2v) is 8.54. The van der Waals surface area contributed by atoms with Crippen molar-refractivity contribution in [2.75, 3.05) is 19.1 Å². The zero-order chi connectivity index (χ0) is 23.8. The molecule has 0 aliphatic rings. The Morgan fingerprint density at radius 1 is 1.09 bits per heavy atom. The molecule has 0 saturated heterocycles. The Morgan fingerprint density at radius 3 is 2.47 bits per heavy atom. The Labute approximate surface area is 215 Å². The molecule has 174 valence electrons. The molecule has 2 N–H and O–H groups in total. The van der Waals surface area contributed by atoms with Crippen molar-refractivity contribution in [3.05, 3.63) is 83.2 Å². The Hall–Kier alpha value is -2.63. The van der Waals surface area contributed by atoms with Crippen LogP contribution < -0.4 is 5.32 Å². The van der Waals surface area contributed by atoms with E-state index in [4.69, 9.17) is 4.74 Å². The van der Waals surface area contributed by atoms with E-state index in [1.54, 1.807) is 25.6 Å². The standard InChI is InChI=1S/C25H27N3O4S.Li.H/c1-16-6-4-5-7-19(16)21-14-17(23(32-2)18-10-12-26-27-15-18)8-9-20(21)24(29)28-22(25(30)31)11-13-33-3;;/h4-10,12,14-15,22-23H,11,13H2,1-3H3,(H,28,29)(H,30,31);;. The van der Waals surface area contributed by atoms with E-state index in [0.29, 0.717) is 23.3 Å². The van der Waals surface area contributed by atoms with Gasteiger partial charge in [-0.25, -0.2) is 4.79 Å². The van der Waals surface area contributed by atoms with E-state index in [2.05, 4.69) is 15.5 Å². The number of aromatic nitrogens is 2. The van der Waals surface area contributed by atoms with Crippen LogP contribution in [0.15, 0.2) is 60.9 Å².